The van der Waals surface area contributed by atoms with Gasteiger partial charge in [0.25, 0.3) is 0 Å². The Hall–Kier alpha value is -1.09. The number of nitrogens with zero attached hydrogens (tertiary/aromatic N) is 1. The predicted octanol–water partition coefficient (Wildman–Crippen LogP) is 2.35. The van der Waals surface area contributed by atoms with Crippen LogP contribution in [0.1, 0.15) is 38.9 Å². The van der Waals surface area contributed by atoms with E-state index in [4.69, 9.17) is 0 Å². The summed E-state index contributed by atoms with van der Waals surface area (Å²) in [6, 6.07) is 4.18. The summed E-state index contributed by atoms with van der Waals surface area (Å²) < 4.78 is 0. The average Bonchev–Trinajstić information content (AvgIpc) is 2.17. The summed E-state index contributed by atoms with van der Waals surface area (Å²) in [5.74, 6) is 0.854. The molecule has 0 aliphatic carbocycles. The van der Waals surface area contributed by atoms with Crippen LogP contribution < -0.4 is 5.32 Å². The molecular formula is C11H18N2O. The summed E-state index contributed by atoms with van der Waals surface area (Å²) in [4.78, 5) is 4.22. The number of nitrogens with one attached hydrogen (secondary N) is 1. The summed E-state index contributed by atoms with van der Waals surface area (Å²) in [7, 11) is 0. The standard InChI is InChI=1S/C11H18N2O/c1-4-10(14)9-5-6-11(12-7-9)13-8(2)3/h5-8,10,14H,4H2,1-3H3,(H,12,13)/t10-/m0/s1. The SMILES string of the molecule is CC[C@H](O)c1ccc(NC(C)C)nc1. The molecule has 0 bridgehead atoms. The lowest BCUT2D eigenvalue weighted by molar-refractivity contribution is 0.173. The van der Waals surface area contributed by atoms with Gasteiger partial charge in [-0.25, -0.2) is 4.98 Å². The first-order chi connectivity index (χ1) is 6.63. The third-order valence-electron chi connectivity index (χ3n) is 1.99. The predicted molar refractivity (Wildman–Crippen MR) is 58.2 cm³/mol. The monoisotopic (exact) mass is 194 g/mol. The Kier molecular flexibility index (Phi) is 3.89. The Morgan fingerprint density at radius 2 is 2.14 bits per heavy atom. The largest absolute Gasteiger partial charge is 0.388 e. The highest BCUT2D eigenvalue weighted by Crippen LogP contribution is 2.16. The highest BCUT2D eigenvalue weighted by Gasteiger charge is 2.04. The van der Waals surface area contributed by atoms with Crippen LogP contribution in [-0.2, 0) is 0 Å². The van der Waals surface area contributed by atoms with Crippen molar-refractivity contribution in [3.05, 3.63) is 23.9 Å². The lowest BCUT2D eigenvalue weighted by Gasteiger charge is -2.11. The van der Waals surface area contributed by atoms with Crippen molar-refractivity contribution in [2.45, 2.75) is 39.3 Å². The van der Waals surface area contributed by atoms with Crippen molar-refractivity contribution in [3.8, 4) is 0 Å². The van der Waals surface area contributed by atoms with Crippen molar-refractivity contribution in [3.63, 3.8) is 0 Å². The van der Waals surface area contributed by atoms with E-state index >= 15 is 0 Å². The fraction of sp³-hybridized carbons (Fsp3) is 0.545. The molecule has 1 aromatic rings. The van der Waals surface area contributed by atoms with Gasteiger partial charge in [-0.15, -0.1) is 0 Å². The number of rotatable bonds is 4. The summed E-state index contributed by atoms with van der Waals surface area (Å²) in [5.41, 5.74) is 0.877. The second-order valence-electron chi connectivity index (χ2n) is 3.70. The quantitative estimate of drug-likeness (QED) is 0.773. The molecule has 78 valence electrons. The lowest BCUT2D eigenvalue weighted by atomic mass is 10.1. The Morgan fingerprint density at radius 3 is 2.57 bits per heavy atom. The smallest absolute Gasteiger partial charge is 0.126 e. The molecular weight excluding hydrogens is 176 g/mol. The third kappa shape index (κ3) is 3.00. The molecule has 0 radical (unpaired) electrons. The van der Waals surface area contributed by atoms with Gasteiger partial charge >= 0.3 is 0 Å². The molecule has 0 saturated heterocycles. The summed E-state index contributed by atoms with van der Waals surface area (Å²) in [6.07, 6.45) is 2.05. The highest BCUT2D eigenvalue weighted by molar-refractivity contribution is 5.36. The molecule has 0 unspecified atom stereocenters. The highest BCUT2D eigenvalue weighted by atomic mass is 16.3. The number of anilines is 1. The van der Waals surface area contributed by atoms with Gasteiger partial charge in [-0.1, -0.05) is 13.0 Å². The van der Waals surface area contributed by atoms with Crippen LogP contribution in [0.3, 0.4) is 0 Å². The second kappa shape index (κ2) is 4.96. The fourth-order valence-corrected chi connectivity index (χ4v) is 1.22. The third-order valence-corrected chi connectivity index (χ3v) is 1.99. The molecule has 2 N–H and O–H groups in total. The van der Waals surface area contributed by atoms with Crippen LogP contribution in [0.5, 0.6) is 0 Å². The second-order valence-corrected chi connectivity index (χ2v) is 3.70. The maximum absolute atomic E-state index is 9.54. The molecule has 3 nitrogen and oxygen atoms in total. The van der Waals surface area contributed by atoms with Crippen molar-refractivity contribution in [2.24, 2.45) is 0 Å². The van der Waals surface area contributed by atoms with Gasteiger partial charge in [-0.3, -0.25) is 0 Å². The van der Waals surface area contributed by atoms with Crippen LogP contribution in [0.15, 0.2) is 18.3 Å². The average molecular weight is 194 g/mol. The Balaban J connectivity index is 2.68. The number of aromatic nitrogens is 1. The van der Waals surface area contributed by atoms with Gasteiger partial charge in [-0.05, 0) is 31.9 Å². The van der Waals surface area contributed by atoms with Crippen molar-refractivity contribution < 1.29 is 5.11 Å². The lowest BCUT2D eigenvalue weighted by Crippen LogP contribution is -2.11. The van der Waals surface area contributed by atoms with Gasteiger partial charge < -0.3 is 10.4 Å². The molecule has 0 amide bonds. The number of hydrogen-bond donors (Lipinski definition) is 2. The molecule has 3 heteroatoms. The first-order valence-electron chi connectivity index (χ1n) is 5.04. The maximum Gasteiger partial charge on any atom is 0.126 e. The molecule has 0 aliphatic rings. The zero-order chi connectivity index (χ0) is 10.6. The minimum Gasteiger partial charge on any atom is -0.388 e. The van der Waals surface area contributed by atoms with Gasteiger partial charge in [0.1, 0.15) is 5.82 Å². The van der Waals surface area contributed by atoms with Gasteiger partial charge in [0.2, 0.25) is 0 Å². The maximum atomic E-state index is 9.54. The normalized spacial score (nSPS) is 12.9. The molecule has 1 aromatic heterocycles. The van der Waals surface area contributed by atoms with E-state index in [9.17, 15) is 5.11 Å². The first kappa shape index (κ1) is 11.0. The van der Waals surface area contributed by atoms with Gasteiger partial charge in [0.05, 0.1) is 6.10 Å². The molecule has 1 rings (SSSR count). The zero-order valence-corrected chi connectivity index (χ0v) is 8.99. The molecule has 0 aromatic carbocycles. The Morgan fingerprint density at radius 1 is 1.43 bits per heavy atom. The molecule has 0 fully saturated rings. The summed E-state index contributed by atoms with van der Waals surface area (Å²) >= 11 is 0. The number of hydrogen-bond acceptors (Lipinski definition) is 3. The first-order valence-corrected chi connectivity index (χ1v) is 5.04. The van der Waals surface area contributed by atoms with E-state index in [1.807, 2.05) is 19.1 Å². The van der Waals surface area contributed by atoms with Crippen molar-refractivity contribution in [2.75, 3.05) is 5.32 Å². The molecule has 0 saturated carbocycles. The van der Waals surface area contributed by atoms with E-state index in [0.29, 0.717) is 6.04 Å². The van der Waals surface area contributed by atoms with Gasteiger partial charge in [0, 0.05) is 12.2 Å². The number of aliphatic hydroxyl groups excluding tert-OH is 1. The van der Waals surface area contributed by atoms with Crippen molar-refractivity contribution in [1.29, 1.82) is 0 Å². The van der Waals surface area contributed by atoms with E-state index in [0.717, 1.165) is 17.8 Å². The zero-order valence-electron chi connectivity index (χ0n) is 8.99. The van der Waals surface area contributed by atoms with Crippen LogP contribution in [0.25, 0.3) is 0 Å². The van der Waals surface area contributed by atoms with Crippen LogP contribution >= 0.6 is 0 Å². The Labute approximate surface area is 85.2 Å². The van der Waals surface area contributed by atoms with E-state index < -0.39 is 6.10 Å². The molecule has 14 heavy (non-hydrogen) atoms. The molecule has 0 spiro atoms. The van der Waals surface area contributed by atoms with Crippen molar-refractivity contribution >= 4 is 5.82 Å². The van der Waals surface area contributed by atoms with Gasteiger partial charge in [0.15, 0.2) is 0 Å². The summed E-state index contributed by atoms with van der Waals surface area (Å²) in [6.45, 7) is 6.08. The fourth-order valence-electron chi connectivity index (χ4n) is 1.22. The van der Waals surface area contributed by atoms with Crippen LogP contribution in [0.4, 0.5) is 5.82 Å². The van der Waals surface area contributed by atoms with Crippen LogP contribution in [0, 0.1) is 0 Å². The van der Waals surface area contributed by atoms with E-state index in [1.165, 1.54) is 0 Å². The summed E-state index contributed by atoms with van der Waals surface area (Å²) in [5, 5.41) is 12.7. The number of pyridine rings is 1. The topological polar surface area (TPSA) is 45.1 Å². The number of aliphatic hydroxyl groups is 1. The minimum atomic E-state index is -0.393. The van der Waals surface area contributed by atoms with E-state index in [1.54, 1.807) is 6.20 Å². The van der Waals surface area contributed by atoms with Crippen molar-refractivity contribution in [1.82, 2.24) is 4.98 Å². The minimum absolute atomic E-state index is 0.379. The van der Waals surface area contributed by atoms with Gasteiger partial charge in [-0.2, -0.15) is 0 Å². The van der Waals surface area contributed by atoms with Crippen LogP contribution in [0.2, 0.25) is 0 Å². The van der Waals surface area contributed by atoms with Crippen LogP contribution in [-0.4, -0.2) is 16.1 Å². The molecule has 0 aliphatic heterocycles. The molecule has 1 heterocycles. The molecule has 1 atom stereocenters. The van der Waals surface area contributed by atoms with E-state index in [2.05, 4.69) is 24.1 Å². The Bertz CT molecular complexity index is 269. The van der Waals surface area contributed by atoms with E-state index in [-0.39, 0.29) is 0 Å².